The van der Waals surface area contributed by atoms with E-state index in [-0.39, 0.29) is 0 Å². The van der Waals surface area contributed by atoms with E-state index in [1.54, 1.807) is 0 Å². The molecule has 2 rings (SSSR count). The van der Waals surface area contributed by atoms with Gasteiger partial charge in [0, 0.05) is 17.1 Å². The fraction of sp³-hybridized carbons (Fsp3) is 0.364. The molecule has 0 radical (unpaired) electrons. The van der Waals surface area contributed by atoms with Crippen molar-refractivity contribution in [1.29, 1.82) is 5.26 Å². The molecular formula is C11H12BrN3. The molecule has 1 heterocycles. The number of halogens is 1. The van der Waals surface area contributed by atoms with Crippen molar-refractivity contribution in [2.24, 2.45) is 0 Å². The minimum Gasteiger partial charge on any atom is -0.380 e. The van der Waals surface area contributed by atoms with Crippen LogP contribution in [0, 0.1) is 11.3 Å². The number of anilines is 1. The summed E-state index contributed by atoms with van der Waals surface area (Å²) in [6.07, 6.45) is 1.11. The average molecular weight is 266 g/mol. The van der Waals surface area contributed by atoms with Gasteiger partial charge in [0.1, 0.15) is 6.07 Å². The normalized spacial score (nSPS) is 19.9. The van der Waals surface area contributed by atoms with Crippen molar-refractivity contribution in [1.82, 2.24) is 5.32 Å². The molecule has 1 aromatic rings. The molecule has 0 amide bonds. The molecule has 1 aliphatic heterocycles. The van der Waals surface area contributed by atoms with Gasteiger partial charge in [0.15, 0.2) is 0 Å². The zero-order chi connectivity index (χ0) is 10.7. The number of nitriles is 1. The van der Waals surface area contributed by atoms with Gasteiger partial charge >= 0.3 is 0 Å². The van der Waals surface area contributed by atoms with Crippen LogP contribution in [0.5, 0.6) is 0 Å². The van der Waals surface area contributed by atoms with Gasteiger partial charge in [-0.25, -0.2) is 0 Å². The third kappa shape index (κ3) is 2.49. The van der Waals surface area contributed by atoms with E-state index < -0.39 is 0 Å². The maximum atomic E-state index is 8.96. The summed E-state index contributed by atoms with van der Waals surface area (Å²) in [5.74, 6) is 0. The molecule has 0 aliphatic carbocycles. The van der Waals surface area contributed by atoms with E-state index in [0.29, 0.717) is 11.6 Å². The smallest absolute Gasteiger partial charge is 0.101 e. The van der Waals surface area contributed by atoms with E-state index in [1.807, 2.05) is 18.2 Å². The van der Waals surface area contributed by atoms with Crippen molar-refractivity contribution in [3.63, 3.8) is 0 Å². The number of hydrogen-bond donors (Lipinski definition) is 2. The lowest BCUT2D eigenvalue weighted by Gasteiger charge is -2.14. The molecule has 0 aromatic heterocycles. The van der Waals surface area contributed by atoms with Crippen LogP contribution in [-0.4, -0.2) is 19.1 Å². The van der Waals surface area contributed by atoms with Crippen molar-refractivity contribution in [2.75, 3.05) is 18.4 Å². The highest BCUT2D eigenvalue weighted by molar-refractivity contribution is 9.10. The lowest BCUT2D eigenvalue weighted by molar-refractivity contribution is 0.793. The fourth-order valence-corrected chi connectivity index (χ4v) is 2.09. The summed E-state index contributed by atoms with van der Waals surface area (Å²) in [6.45, 7) is 2.02. The third-order valence-corrected chi connectivity index (χ3v) is 3.02. The highest BCUT2D eigenvalue weighted by Crippen LogP contribution is 2.22. The molecule has 0 spiro atoms. The van der Waals surface area contributed by atoms with Crippen LogP contribution in [0.1, 0.15) is 12.0 Å². The number of nitrogens with zero attached hydrogens (tertiary/aromatic N) is 1. The van der Waals surface area contributed by atoms with Crippen LogP contribution in [-0.2, 0) is 0 Å². The number of nitrogens with one attached hydrogen (secondary N) is 2. The molecule has 78 valence electrons. The predicted molar refractivity (Wildman–Crippen MR) is 63.8 cm³/mol. The molecule has 1 aliphatic rings. The van der Waals surface area contributed by atoms with Gasteiger partial charge in [-0.3, -0.25) is 0 Å². The molecular weight excluding hydrogens is 254 g/mol. The highest BCUT2D eigenvalue weighted by Gasteiger charge is 2.15. The second kappa shape index (κ2) is 4.65. The van der Waals surface area contributed by atoms with Gasteiger partial charge in [0.2, 0.25) is 0 Å². The van der Waals surface area contributed by atoms with Gasteiger partial charge in [0.05, 0.1) is 11.3 Å². The summed E-state index contributed by atoms with van der Waals surface area (Å²) >= 11 is 3.41. The monoisotopic (exact) mass is 265 g/mol. The van der Waals surface area contributed by atoms with Crippen molar-refractivity contribution >= 4 is 21.6 Å². The Morgan fingerprint density at radius 2 is 2.40 bits per heavy atom. The Morgan fingerprint density at radius 1 is 1.53 bits per heavy atom. The first-order valence-corrected chi connectivity index (χ1v) is 5.76. The standard InChI is InChI=1S/C11H12BrN3/c12-9-2-1-8(6-13)11(5-9)15-10-3-4-14-7-10/h1-2,5,10,14-15H,3-4,7H2. The third-order valence-electron chi connectivity index (χ3n) is 2.52. The van der Waals surface area contributed by atoms with E-state index in [4.69, 9.17) is 5.26 Å². The second-order valence-electron chi connectivity index (χ2n) is 3.64. The Bertz CT molecular complexity index is 391. The SMILES string of the molecule is N#Cc1ccc(Br)cc1NC1CCNC1. The minimum atomic E-state index is 0.436. The molecule has 1 saturated heterocycles. The molecule has 3 nitrogen and oxygen atoms in total. The molecule has 1 atom stereocenters. The summed E-state index contributed by atoms with van der Waals surface area (Å²) in [4.78, 5) is 0. The Morgan fingerprint density at radius 3 is 3.07 bits per heavy atom. The predicted octanol–water partition coefficient (Wildman–Crippen LogP) is 2.09. The van der Waals surface area contributed by atoms with Crippen molar-refractivity contribution in [3.8, 4) is 6.07 Å². The molecule has 2 N–H and O–H groups in total. The number of rotatable bonds is 2. The van der Waals surface area contributed by atoms with E-state index >= 15 is 0 Å². The summed E-state index contributed by atoms with van der Waals surface area (Å²) in [7, 11) is 0. The molecule has 0 bridgehead atoms. The molecule has 1 aromatic carbocycles. The Hall–Kier alpha value is -1.05. The van der Waals surface area contributed by atoms with Gasteiger partial charge in [-0.1, -0.05) is 15.9 Å². The van der Waals surface area contributed by atoms with Gasteiger partial charge in [-0.15, -0.1) is 0 Å². The summed E-state index contributed by atoms with van der Waals surface area (Å²) in [5.41, 5.74) is 1.62. The molecule has 15 heavy (non-hydrogen) atoms. The van der Waals surface area contributed by atoms with Crippen LogP contribution in [0.15, 0.2) is 22.7 Å². The Labute approximate surface area is 97.6 Å². The first kappa shape index (κ1) is 10.5. The van der Waals surface area contributed by atoms with Gasteiger partial charge in [0.25, 0.3) is 0 Å². The van der Waals surface area contributed by atoms with Crippen LogP contribution >= 0.6 is 15.9 Å². The van der Waals surface area contributed by atoms with Crippen LogP contribution in [0.3, 0.4) is 0 Å². The maximum absolute atomic E-state index is 8.96. The number of benzene rings is 1. The fourth-order valence-electron chi connectivity index (χ4n) is 1.73. The zero-order valence-electron chi connectivity index (χ0n) is 8.26. The van der Waals surface area contributed by atoms with Gasteiger partial charge in [-0.05, 0) is 31.2 Å². The first-order chi connectivity index (χ1) is 7.29. The quantitative estimate of drug-likeness (QED) is 0.861. The second-order valence-corrected chi connectivity index (χ2v) is 4.55. The molecule has 0 saturated carbocycles. The van der Waals surface area contributed by atoms with Crippen LogP contribution in [0.4, 0.5) is 5.69 Å². The van der Waals surface area contributed by atoms with Crippen molar-refractivity contribution in [3.05, 3.63) is 28.2 Å². The lowest BCUT2D eigenvalue weighted by Crippen LogP contribution is -2.22. The Balaban J connectivity index is 2.18. The average Bonchev–Trinajstić information content (AvgIpc) is 2.71. The molecule has 4 heteroatoms. The van der Waals surface area contributed by atoms with E-state index in [0.717, 1.165) is 29.7 Å². The largest absolute Gasteiger partial charge is 0.380 e. The first-order valence-electron chi connectivity index (χ1n) is 4.96. The summed E-state index contributed by atoms with van der Waals surface area (Å²) in [6, 6.07) is 8.30. The van der Waals surface area contributed by atoms with Gasteiger partial charge in [-0.2, -0.15) is 5.26 Å². The zero-order valence-corrected chi connectivity index (χ0v) is 9.84. The lowest BCUT2D eigenvalue weighted by atomic mass is 10.1. The van der Waals surface area contributed by atoms with E-state index in [1.165, 1.54) is 0 Å². The van der Waals surface area contributed by atoms with E-state index in [2.05, 4.69) is 32.6 Å². The molecule has 1 unspecified atom stereocenters. The Kier molecular flexibility index (Phi) is 3.24. The maximum Gasteiger partial charge on any atom is 0.101 e. The van der Waals surface area contributed by atoms with Crippen molar-refractivity contribution < 1.29 is 0 Å². The van der Waals surface area contributed by atoms with Gasteiger partial charge < -0.3 is 10.6 Å². The minimum absolute atomic E-state index is 0.436. The highest BCUT2D eigenvalue weighted by atomic mass is 79.9. The summed E-state index contributed by atoms with van der Waals surface area (Å²) < 4.78 is 0.995. The number of hydrogen-bond acceptors (Lipinski definition) is 3. The van der Waals surface area contributed by atoms with Crippen LogP contribution in [0.25, 0.3) is 0 Å². The topological polar surface area (TPSA) is 47.9 Å². The van der Waals surface area contributed by atoms with Crippen molar-refractivity contribution in [2.45, 2.75) is 12.5 Å². The van der Waals surface area contributed by atoms with Crippen LogP contribution in [0.2, 0.25) is 0 Å². The summed E-state index contributed by atoms with van der Waals surface area (Å²) in [5, 5.41) is 15.6. The molecule has 1 fully saturated rings. The van der Waals surface area contributed by atoms with Crippen LogP contribution < -0.4 is 10.6 Å². The van der Waals surface area contributed by atoms with E-state index in [9.17, 15) is 0 Å².